The van der Waals surface area contributed by atoms with Gasteiger partial charge in [-0.05, 0) is 37.8 Å². The standard InChI is InChI=1S/C16H16F2N4/c17-11-2-1-3-12(18)15(11)21-14-8-13(9-4-5-9)20-16(22-14)19-10-6-7-10/h1-3,8-10H,4-7H2,(H2,19,20,21,22). The topological polar surface area (TPSA) is 49.8 Å². The van der Waals surface area contributed by atoms with Crippen molar-refractivity contribution >= 4 is 17.5 Å². The quantitative estimate of drug-likeness (QED) is 0.878. The summed E-state index contributed by atoms with van der Waals surface area (Å²) in [5.74, 6) is 0.121. The van der Waals surface area contributed by atoms with E-state index in [2.05, 4.69) is 20.6 Å². The highest BCUT2D eigenvalue weighted by molar-refractivity contribution is 5.59. The lowest BCUT2D eigenvalue weighted by Gasteiger charge is -2.11. The zero-order valence-corrected chi connectivity index (χ0v) is 11.9. The first-order valence-corrected chi connectivity index (χ1v) is 7.55. The Bertz CT molecular complexity index is 691. The van der Waals surface area contributed by atoms with E-state index in [0.717, 1.165) is 31.4 Å². The molecule has 2 aliphatic carbocycles. The van der Waals surface area contributed by atoms with Gasteiger partial charge in [0, 0.05) is 18.0 Å². The van der Waals surface area contributed by atoms with Crippen LogP contribution in [0.15, 0.2) is 24.3 Å². The third-order valence-electron chi connectivity index (χ3n) is 3.87. The number of para-hydroxylation sites is 1. The van der Waals surface area contributed by atoms with Crippen LogP contribution in [0.25, 0.3) is 0 Å². The Morgan fingerprint density at radius 3 is 2.36 bits per heavy atom. The van der Waals surface area contributed by atoms with Gasteiger partial charge in [0.25, 0.3) is 0 Å². The van der Waals surface area contributed by atoms with Crippen LogP contribution in [0.4, 0.5) is 26.2 Å². The molecule has 2 fully saturated rings. The number of halogens is 2. The van der Waals surface area contributed by atoms with Crippen molar-refractivity contribution in [2.24, 2.45) is 0 Å². The molecule has 4 rings (SSSR count). The molecule has 0 radical (unpaired) electrons. The Hall–Kier alpha value is -2.24. The molecule has 22 heavy (non-hydrogen) atoms. The maximum Gasteiger partial charge on any atom is 0.225 e. The molecule has 2 aromatic rings. The fourth-order valence-electron chi connectivity index (χ4n) is 2.34. The van der Waals surface area contributed by atoms with Crippen LogP contribution in [0.1, 0.15) is 37.3 Å². The molecule has 0 saturated heterocycles. The van der Waals surface area contributed by atoms with Crippen LogP contribution in [-0.4, -0.2) is 16.0 Å². The van der Waals surface area contributed by atoms with E-state index in [1.54, 1.807) is 6.07 Å². The largest absolute Gasteiger partial charge is 0.351 e. The maximum atomic E-state index is 13.8. The summed E-state index contributed by atoms with van der Waals surface area (Å²) in [5, 5.41) is 6.00. The molecule has 0 unspecified atom stereocenters. The van der Waals surface area contributed by atoms with Crippen molar-refractivity contribution in [3.05, 3.63) is 41.6 Å². The summed E-state index contributed by atoms with van der Waals surface area (Å²) < 4.78 is 27.5. The van der Waals surface area contributed by atoms with Crippen LogP contribution in [0, 0.1) is 11.6 Å². The normalized spacial score (nSPS) is 17.4. The molecule has 0 aliphatic heterocycles. The van der Waals surface area contributed by atoms with Crippen LogP contribution >= 0.6 is 0 Å². The molecule has 0 amide bonds. The molecule has 1 aromatic heterocycles. The predicted octanol–water partition coefficient (Wildman–Crippen LogP) is 3.95. The number of aromatic nitrogens is 2. The van der Waals surface area contributed by atoms with E-state index >= 15 is 0 Å². The second kappa shape index (κ2) is 5.19. The molecule has 0 spiro atoms. The van der Waals surface area contributed by atoms with Crippen molar-refractivity contribution in [1.29, 1.82) is 0 Å². The average Bonchev–Trinajstić information content (AvgIpc) is 3.35. The molecule has 0 bridgehead atoms. The number of anilines is 3. The SMILES string of the molecule is Fc1cccc(F)c1Nc1cc(C2CC2)nc(NC2CC2)n1. The minimum absolute atomic E-state index is 0.180. The van der Waals surface area contributed by atoms with E-state index in [4.69, 9.17) is 0 Å². The summed E-state index contributed by atoms with van der Waals surface area (Å²) in [5.41, 5.74) is 0.748. The average molecular weight is 302 g/mol. The Morgan fingerprint density at radius 2 is 1.73 bits per heavy atom. The minimum Gasteiger partial charge on any atom is -0.351 e. The van der Waals surface area contributed by atoms with Gasteiger partial charge in [-0.15, -0.1) is 0 Å². The van der Waals surface area contributed by atoms with E-state index in [0.29, 0.717) is 23.7 Å². The zero-order valence-electron chi connectivity index (χ0n) is 11.9. The van der Waals surface area contributed by atoms with E-state index in [-0.39, 0.29) is 5.69 Å². The predicted molar refractivity (Wildman–Crippen MR) is 80.3 cm³/mol. The van der Waals surface area contributed by atoms with Gasteiger partial charge in [0.05, 0.1) is 5.69 Å². The Morgan fingerprint density at radius 1 is 1.00 bits per heavy atom. The molecule has 2 aliphatic rings. The molecular formula is C16H16F2N4. The van der Waals surface area contributed by atoms with Gasteiger partial charge < -0.3 is 10.6 Å². The Labute approximate surface area is 127 Å². The highest BCUT2D eigenvalue weighted by atomic mass is 19.1. The number of benzene rings is 1. The van der Waals surface area contributed by atoms with Crippen molar-refractivity contribution in [2.75, 3.05) is 10.6 Å². The van der Waals surface area contributed by atoms with Gasteiger partial charge in [-0.25, -0.2) is 13.8 Å². The lowest BCUT2D eigenvalue weighted by molar-refractivity contribution is 0.590. The Kier molecular flexibility index (Phi) is 3.17. The van der Waals surface area contributed by atoms with Crippen molar-refractivity contribution in [3.8, 4) is 0 Å². The molecule has 0 atom stereocenters. The third-order valence-corrected chi connectivity index (χ3v) is 3.87. The molecule has 4 nitrogen and oxygen atoms in total. The van der Waals surface area contributed by atoms with Gasteiger partial charge in [-0.3, -0.25) is 0 Å². The second-order valence-electron chi connectivity index (χ2n) is 5.92. The molecule has 2 saturated carbocycles. The highest BCUT2D eigenvalue weighted by Crippen LogP contribution is 2.40. The lowest BCUT2D eigenvalue weighted by atomic mass is 10.2. The van der Waals surface area contributed by atoms with E-state index in [1.165, 1.54) is 18.2 Å². The summed E-state index contributed by atoms with van der Waals surface area (Å²) in [6.45, 7) is 0. The number of hydrogen-bond donors (Lipinski definition) is 2. The second-order valence-corrected chi connectivity index (χ2v) is 5.92. The third kappa shape index (κ3) is 2.86. The van der Waals surface area contributed by atoms with Crippen molar-refractivity contribution in [1.82, 2.24) is 9.97 Å². The molecule has 2 N–H and O–H groups in total. The van der Waals surface area contributed by atoms with Gasteiger partial charge in [0.2, 0.25) is 5.95 Å². The first-order valence-electron chi connectivity index (χ1n) is 7.55. The van der Waals surface area contributed by atoms with E-state index < -0.39 is 11.6 Å². The Balaban J connectivity index is 1.66. The summed E-state index contributed by atoms with van der Waals surface area (Å²) in [4.78, 5) is 8.85. The summed E-state index contributed by atoms with van der Waals surface area (Å²) >= 11 is 0. The van der Waals surface area contributed by atoms with Crippen LogP contribution in [0.2, 0.25) is 0 Å². The maximum absolute atomic E-state index is 13.8. The van der Waals surface area contributed by atoms with Crippen LogP contribution in [-0.2, 0) is 0 Å². The van der Waals surface area contributed by atoms with Crippen molar-refractivity contribution < 1.29 is 8.78 Å². The van der Waals surface area contributed by atoms with Gasteiger partial charge in [0.1, 0.15) is 23.1 Å². The number of hydrogen-bond acceptors (Lipinski definition) is 4. The zero-order chi connectivity index (χ0) is 15.1. The lowest BCUT2D eigenvalue weighted by Crippen LogP contribution is -2.09. The van der Waals surface area contributed by atoms with Gasteiger partial charge >= 0.3 is 0 Å². The van der Waals surface area contributed by atoms with E-state index in [9.17, 15) is 8.78 Å². The van der Waals surface area contributed by atoms with Gasteiger partial charge in [0.15, 0.2) is 0 Å². The number of rotatable bonds is 5. The van der Waals surface area contributed by atoms with Crippen LogP contribution in [0.3, 0.4) is 0 Å². The van der Waals surface area contributed by atoms with Crippen molar-refractivity contribution in [2.45, 2.75) is 37.6 Å². The molecular weight excluding hydrogens is 286 g/mol. The molecule has 1 heterocycles. The summed E-state index contributed by atoms with van der Waals surface area (Å²) in [6.07, 6.45) is 4.43. The highest BCUT2D eigenvalue weighted by Gasteiger charge is 2.28. The molecule has 114 valence electrons. The minimum atomic E-state index is -0.636. The van der Waals surface area contributed by atoms with E-state index in [1.807, 2.05) is 0 Å². The monoisotopic (exact) mass is 302 g/mol. The van der Waals surface area contributed by atoms with Crippen LogP contribution in [0.5, 0.6) is 0 Å². The smallest absolute Gasteiger partial charge is 0.225 e. The summed E-state index contributed by atoms with van der Waals surface area (Å²) in [6, 6.07) is 5.98. The first kappa shape index (κ1) is 13.4. The van der Waals surface area contributed by atoms with Gasteiger partial charge in [-0.2, -0.15) is 4.98 Å². The first-order chi connectivity index (χ1) is 10.7. The number of nitrogens with one attached hydrogen (secondary N) is 2. The fraction of sp³-hybridized carbons (Fsp3) is 0.375. The van der Waals surface area contributed by atoms with Gasteiger partial charge in [-0.1, -0.05) is 6.07 Å². The summed E-state index contributed by atoms with van der Waals surface area (Å²) in [7, 11) is 0. The van der Waals surface area contributed by atoms with Crippen LogP contribution < -0.4 is 10.6 Å². The number of nitrogens with zero attached hydrogens (tertiary/aromatic N) is 2. The molecule has 6 heteroatoms. The fourth-order valence-corrected chi connectivity index (χ4v) is 2.34. The van der Waals surface area contributed by atoms with Crippen molar-refractivity contribution in [3.63, 3.8) is 0 Å². The molecule has 1 aromatic carbocycles.